The topological polar surface area (TPSA) is 43.4 Å². The molecule has 0 heterocycles. The van der Waals surface area contributed by atoms with Crippen LogP contribution >= 0.6 is 10.3 Å². The van der Waals surface area contributed by atoms with Crippen LogP contribution in [0.5, 0.6) is 0 Å². The van der Waals surface area contributed by atoms with Crippen molar-refractivity contribution in [2.75, 3.05) is 0 Å². The Bertz CT molecular complexity index is 1350. The van der Waals surface area contributed by atoms with Crippen LogP contribution in [0.2, 0.25) is 0 Å². The van der Waals surface area contributed by atoms with E-state index in [1.165, 1.54) is 37.7 Å². The minimum absolute atomic E-state index is 0.0206. The number of hydrogen-bond acceptors (Lipinski definition) is 3. The maximum Gasteiger partial charge on any atom is 0.280 e. The minimum atomic E-state index is -3.92. The SMILES string of the molecule is CC1(C)C2CCC1(C)C(S(=O)(=O)OS(c1ccccc1)(c1ccccc1)c1ccc(C3CCCCC3)cc1)C2. The average molecular weight is 563 g/mol. The highest BCUT2D eigenvalue weighted by Gasteiger charge is 2.66. The molecular formula is C34H42O3S2. The third kappa shape index (κ3) is 4.40. The van der Waals surface area contributed by atoms with Gasteiger partial charge in [-0.2, -0.15) is 8.42 Å². The zero-order valence-corrected chi connectivity index (χ0v) is 25.1. The normalized spacial score (nSPS) is 27.5. The molecule has 3 atom stereocenters. The van der Waals surface area contributed by atoms with Gasteiger partial charge in [0, 0.05) is 14.7 Å². The molecule has 3 saturated carbocycles. The zero-order valence-electron chi connectivity index (χ0n) is 23.5. The van der Waals surface area contributed by atoms with E-state index in [1.54, 1.807) is 0 Å². The molecule has 3 aliphatic rings. The van der Waals surface area contributed by atoms with Crippen molar-refractivity contribution >= 4 is 20.4 Å². The standard InChI is InChI=1S/C34H42O3S2/c1-33(2)28-23-24-34(33,3)32(25-28)39(35,36)37-38(29-15-9-5-10-16-29,30-17-11-6-12-18-30)31-21-19-27(20-22-31)26-13-7-4-8-14-26/h5-6,9-12,15-22,26,28,32H,4,7-8,13-14,23-25H2,1-3H3. The van der Waals surface area contributed by atoms with Gasteiger partial charge in [0.1, 0.15) is 0 Å². The van der Waals surface area contributed by atoms with Gasteiger partial charge in [-0.3, -0.25) is 0 Å². The van der Waals surface area contributed by atoms with Crippen LogP contribution in [0.15, 0.2) is 99.6 Å². The molecule has 3 aromatic rings. The van der Waals surface area contributed by atoms with Crippen LogP contribution in [0.1, 0.15) is 83.6 Å². The Morgan fingerprint density at radius 2 is 1.23 bits per heavy atom. The van der Waals surface area contributed by atoms with Gasteiger partial charge in [-0.1, -0.05) is 88.6 Å². The fraction of sp³-hybridized carbons (Fsp3) is 0.471. The van der Waals surface area contributed by atoms with Crippen molar-refractivity contribution in [2.45, 2.75) is 98.0 Å². The Labute approximate surface area is 237 Å². The third-order valence-electron chi connectivity index (χ3n) is 10.7. The molecule has 0 saturated heterocycles. The van der Waals surface area contributed by atoms with Gasteiger partial charge in [0.15, 0.2) is 0 Å². The molecule has 3 fully saturated rings. The molecule has 0 spiro atoms. The van der Waals surface area contributed by atoms with Crippen LogP contribution in [0.25, 0.3) is 0 Å². The summed E-state index contributed by atoms with van der Waals surface area (Å²) in [5, 5.41) is -0.500. The molecule has 3 aromatic carbocycles. The quantitative estimate of drug-likeness (QED) is 0.288. The lowest BCUT2D eigenvalue weighted by Crippen LogP contribution is -2.41. The zero-order chi connectivity index (χ0) is 27.3. The molecule has 0 radical (unpaired) electrons. The van der Waals surface area contributed by atoms with Crippen LogP contribution in [-0.2, 0) is 13.7 Å². The largest absolute Gasteiger partial charge is 0.280 e. The molecule has 5 heteroatoms. The highest BCUT2D eigenvalue weighted by atomic mass is 32.3. The second-order valence-corrected chi connectivity index (χ2v) is 17.4. The van der Waals surface area contributed by atoms with Crippen LogP contribution in [0.3, 0.4) is 0 Å². The first-order chi connectivity index (χ1) is 18.7. The number of benzene rings is 3. The molecule has 2 bridgehead atoms. The van der Waals surface area contributed by atoms with E-state index in [4.69, 9.17) is 3.63 Å². The van der Waals surface area contributed by atoms with E-state index in [-0.39, 0.29) is 10.8 Å². The molecule has 0 aromatic heterocycles. The van der Waals surface area contributed by atoms with Crippen LogP contribution < -0.4 is 0 Å². The van der Waals surface area contributed by atoms with Crippen LogP contribution in [0, 0.1) is 16.7 Å². The van der Waals surface area contributed by atoms with E-state index < -0.39 is 25.7 Å². The summed E-state index contributed by atoms with van der Waals surface area (Å²) in [5.41, 5.74) is 1.05. The Kier molecular flexibility index (Phi) is 7.01. The van der Waals surface area contributed by atoms with E-state index in [0.717, 1.165) is 27.5 Å². The van der Waals surface area contributed by atoms with Crippen molar-refractivity contribution in [3.63, 3.8) is 0 Å². The van der Waals surface area contributed by atoms with Gasteiger partial charge < -0.3 is 0 Å². The first-order valence-electron chi connectivity index (χ1n) is 14.7. The summed E-state index contributed by atoms with van der Waals surface area (Å²) in [6, 6.07) is 28.9. The van der Waals surface area contributed by atoms with Gasteiger partial charge in [-0.25, -0.2) is 3.63 Å². The van der Waals surface area contributed by atoms with Gasteiger partial charge in [0.25, 0.3) is 10.1 Å². The Hall–Kier alpha value is -2.08. The van der Waals surface area contributed by atoms with Crippen LogP contribution in [0.4, 0.5) is 0 Å². The van der Waals surface area contributed by atoms with E-state index >= 15 is 0 Å². The monoisotopic (exact) mass is 562 g/mol. The first kappa shape index (κ1) is 27.1. The van der Waals surface area contributed by atoms with E-state index in [9.17, 15) is 8.42 Å². The summed E-state index contributed by atoms with van der Waals surface area (Å²) in [5.74, 6) is 1.00. The van der Waals surface area contributed by atoms with Crippen molar-refractivity contribution in [2.24, 2.45) is 16.7 Å². The highest BCUT2D eigenvalue weighted by molar-refractivity contribution is 8.33. The first-order valence-corrected chi connectivity index (χ1v) is 17.7. The van der Waals surface area contributed by atoms with Gasteiger partial charge >= 0.3 is 0 Å². The van der Waals surface area contributed by atoms with Gasteiger partial charge in [0.05, 0.1) is 5.25 Å². The minimum Gasteiger partial charge on any atom is -0.206 e. The molecule has 39 heavy (non-hydrogen) atoms. The predicted molar refractivity (Wildman–Crippen MR) is 161 cm³/mol. The molecule has 0 aliphatic heterocycles. The lowest BCUT2D eigenvalue weighted by molar-refractivity contribution is 0.152. The van der Waals surface area contributed by atoms with Crippen molar-refractivity contribution in [1.29, 1.82) is 0 Å². The Morgan fingerprint density at radius 1 is 0.692 bits per heavy atom. The summed E-state index contributed by atoms with van der Waals surface area (Å²) in [6.45, 7) is 6.71. The lowest BCUT2D eigenvalue weighted by atomic mass is 9.71. The maximum absolute atomic E-state index is 14.6. The molecule has 6 rings (SSSR count). The summed E-state index contributed by atoms with van der Waals surface area (Å²) < 4.78 is 35.9. The van der Waals surface area contributed by atoms with Crippen LogP contribution in [-0.4, -0.2) is 13.7 Å². The van der Waals surface area contributed by atoms with Crippen molar-refractivity contribution in [3.05, 3.63) is 90.5 Å². The highest BCUT2D eigenvalue weighted by Crippen LogP contribution is 2.73. The lowest BCUT2D eigenvalue weighted by Gasteiger charge is -2.43. The Morgan fingerprint density at radius 3 is 1.72 bits per heavy atom. The molecule has 0 N–H and O–H groups in total. The summed E-state index contributed by atoms with van der Waals surface area (Å²) in [6.07, 6.45) is 9.09. The van der Waals surface area contributed by atoms with Crippen molar-refractivity contribution in [1.82, 2.24) is 0 Å². The number of fused-ring (bicyclic) bond motifs is 2. The summed E-state index contributed by atoms with van der Waals surface area (Å²) in [4.78, 5) is 2.77. The predicted octanol–water partition coefficient (Wildman–Crippen LogP) is 9.49. The Balaban J connectivity index is 1.49. The van der Waals surface area contributed by atoms with E-state index in [1.807, 2.05) is 60.7 Å². The average Bonchev–Trinajstić information content (AvgIpc) is 3.32. The smallest absolute Gasteiger partial charge is 0.206 e. The van der Waals surface area contributed by atoms with Gasteiger partial charge in [0.2, 0.25) is 0 Å². The van der Waals surface area contributed by atoms with E-state index in [0.29, 0.717) is 18.3 Å². The molecule has 0 amide bonds. The molecular weight excluding hydrogens is 521 g/mol. The summed E-state index contributed by atoms with van der Waals surface area (Å²) >= 11 is 0. The van der Waals surface area contributed by atoms with Gasteiger partial charge in [-0.15, -0.1) is 0 Å². The van der Waals surface area contributed by atoms with Crippen molar-refractivity contribution in [3.8, 4) is 0 Å². The molecule has 208 valence electrons. The maximum atomic E-state index is 14.6. The fourth-order valence-electron chi connectivity index (χ4n) is 7.87. The molecule has 3 aliphatic carbocycles. The summed E-state index contributed by atoms with van der Waals surface area (Å²) in [7, 11) is -6.46. The van der Waals surface area contributed by atoms with Crippen molar-refractivity contribution < 1.29 is 12.0 Å². The number of hydrogen-bond donors (Lipinski definition) is 0. The second kappa shape index (κ2) is 10.1. The second-order valence-electron chi connectivity index (χ2n) is 12.7. The molecule has 3 unspecified atom stereocenters. The van der Waals surface area contributed by atoms with E-state index in [2.05, 4.69) is 45.0 Å². The third-order valence-corrected chi connectivity index (χ3v) is 16.5. The van der Waals surface area contributed by atoms with Gasteiger partial charge in [-0.05, 0) is 107 Å². The fourth-order valence-corrected chi connectivity index (χ4v) is 14.3. The number of rotatable bonds is 7. The molecule has 3 nitrogen and oxygen atoms in total.